The first-order chi connectivity index (χ1) is 12.7. The summed E-state index contributed by atoms with van der Waals surface area (Å²) in [5, 5.41) is 6.41. The smallest absolute Gasteiger partial charge is 0.279 e. The highest BCUT2D eigenvalue weighted by atomic mass is 35.5. The maximum absolute atomic E-state index is 12.9. The number of halogens is 3. The number of likely N-dealkylation sites (N-methyl/N-ethyl adjacent to an activating group) is 1. The van der Waals surface area contributed by atoms with Crippen molar-refractivity contribution in [1.82, 2.24) is 5.32 Å². The minimum absolute atomic E-state index is 0.103. The van der Waals surface area contributed by atoms with E-state index < -0.39 is 0 Å². The van der Waals surface area contributed by atoms with Crippen LogP contribution in [0.15, 0.2) is 42.5 Å². The van der Waals surface area contributed by atoms with Crippen LogP contribution < -0.4 is 15.5 Å². The Morgan fingerprint density at radius 3 is 2.30 bits per heavy atom. The van der Waals surface area contributed by atoms with E-state index in [9.17, 15) is 14.0 Å². The summed E-state index contributed by atoms with van der Waals surface area (Å²) < 4.78 is 12.9. The minimum Gasteiger partial charge on any atom is -0.345 e. The molecule has 144 valence electrons. The van der Waals surface area contributed by atoms with Crippen LogP contribution in [0.3, 0.4) is 0 Å². The fraction of sp³-hybridized carbons (Fsp3) is 0.263. The molecule has 0 aromatic heterocycles. The van der Waals surface area contributed by atoms with Gasteiger partial charge in [0.1, 0.15) is 5.82 Å². The van der Waals surface area contributed by atoms with E-state index in [0.717, 1.165) is 5.56 Å². The van der Waals surface area contributed by atoms with Gasteiger partial charge < -0.3 is 15.5 Å². The van der Waals surface area contributed by atoms with Crippen molar-refractivity contribution in [3.63, 3.8) is 0 Å². The zero-order valence-electron chi connectivity index (χ0n) is 15.0. The third-order valence-corrected chi connectivity index (χ3v) is 4.61. The molecule has 0 spiro atoms. The third-order valence-electron chi connectivity index (χ3n) is 3.87. The molecule has 0 heterocycles. The number of hydrogen-bond acceptors (Lipinski definition) is 2. The fourth-order valence-corrected chi connectivity index (χ4v) is 2.81. The molecule has 2 aromatic carbocycles. The third kappa shape index (κ3) is 6.82. The van der Waals surface area contributed by atoms with Gasteiger partial charge in [0.25, 0.3) is 11.8 Å². The van der Waals surface area contributed by atoms with Gasteiger partial charge in [0.2, 0.25) is 0 Å². The average molecular weight is 413 g/mol. The van der Waals surface area contributed by atoms with Gasteiger partial charge >= 0.3 is 0 Å². The molecule has 0 radical (unpaired) electrons. The van der Waals surface area contributed by atoms with E-state index >= 15 is 0 Å². The first-order valence-corrected chi connectivity index (χ1v) is 9.11. The van der Waals surface area contributed by atoms with Crippen molar-refractivity contribution in [3.05, 3.63) is 63.9 Å². The lowest BCUT2D eigenvalue weighted by Gasteiger charge is -2.17. The molecule has 2 rings (SSSR count). The van der Waals surface area contributed by atoms with Crippen LogP contribution in [0.25, 0.3) is 0 Å². The molecule has 8 heteroatoms. The largest absolute Gasteiger partial charge is 0.345 e. The first-order valence-electron chi connectivity index (χ1n) is 8.35. The topological polar surface area (TPSA) is 62.6 Å². The normalized spacial score (nSPS) is 12.9. The Labute approximate surface area is 167 Å². The van der Waals surface area contributed by atoms with Crippen molar-refractivity contribution >= 4 is 40.7 Å². The summed E-state index contributed by atoms with van der Waals surface area (Å²) in [6.07, 6.45) is 0. The van der Waals surface area contributed by atoms with E-state index in [1.54, 1.807) is 25.2 Å². The van der Waals surface area contributed by atoms with Crippen molar-refractivity contribution < 1.29 is 18.9 Å². The SMILES string of the molecule is C[C@H](NC(=O)C[NH+](C)CC(=O)Nc1ccc(F)cc1)c1ccc(Cl)c(Cl)c1. The molecule has 0 saturated carbocycles. The van der Waals surface area contributed by atoms with Gasteiger partial charge in [0.15, 0.2) is 13.1 Å². The van der Waals surface area contributed by atoms with Crippen molar-refractivity contribution in [1.29, 1.82) is 0 Å². The molecule has 2 atom stereocenters. The van der Waals surface area contributed by atoms with Gasteiger partial charge in [-0.3, -0.25) is 9.59 Å². The summed E-state index contributed by atoms with van der Waals surface area (Å²) in [7, 11) is 1.74. The molecule has 0 aliphatic rings. The van der Waals surface area contributed by atoms with Gasteiger partial charge in [-0.15, -0.1) is 0 Å². The predicted octanol–water partition coefficient (Wildman–Crippen LogP) is 2.46. The van der Waals surface area contributed by atoms with Crippen LogP contribution in [0, 0.1) is 5.82 Å². The second kappa shape index (κ2) is 9.69. The van der Waals surface area contributed by atoms with Gasteiger partial charge in [-0.1, -0.05) is 29.3 Å². The van der Waals surface area contributed by atoms with Crippen LogP contribution >= 0.6 is 23.2 Å². The summed E-state index contributed by atoms with van der Waals surface area (Å²) in [6, 6.07) is 10.4. The van der Waals surface area contributed by atoms with Crippen LogP contribution in [0.5, 0.6) is 0 Å². The number of hydrogen-bond donors (Lipinski definition) is 3. The maximum atomic E-state index is 12.9. The summed E-state index contributed by atoms with van der Waals surface area (Å²) in [6.45, 7) is 2.07. The molecular weight excluding hydrogens is 392 g/mol. The molecule has 0 aliphatic heterocycles. The molecule has 5 nitrogen and oxygen atoms in total. The Hall–Kier alpha value is -2.15. The Balaban J connectivity index is 1.81. The fourth-order valence-electron chi connectivity index (χ4n) is 2.51. The number of amides is 2. The van der Waals surface area contributed by atoms with E-state index in [4.69, 9.17) is 23.2 Å². The van der Waals surface area contributed by atoms with E-state index in [2.05, 4.69) is 10.6 Å². The molecular formula is C19H21Cl2FN3O2+. The van der Waals surface area contributed by atoms with Crippen LogP contribution in [0.2, 0.25) is 10.0 Å². The van der Waals surface area contributed by atoms with Crippen molar-refractivity contribution in [2.45, 2.75) is 13.0 Å². The molecule has 0 bridgehead atoms. The monoisotopic (exact) mass is 412 g/mol. The Morgan fingerprint density at radius 1 is 1.04 bits per heavy atom. The van der Waals surface area contributed by atoms with Crippen LogP contribution in [0.1, 0.15) is 18.5 Å². The lowest BCUT2D eigenvalue weighted by Crippen LogP contribution is -3.11. The summed E-state index contributed by atoms with van der Waals surface area (Å²) in [5.74, 6) is -0.825. The van der Waals surface area contributed by atoms with Gasteiger partial charge in [-0.05, 0) is 48.9 Å². The number of carbonyl (C=O) groups is 2. The minimum atomic E-state index is -0.372. The molecule has 0 saturated heterocycles. The van der Waals surface area contributed by atoms with Crippen LogP contribution in [-0.2, 0) is 9.59 Å². The zero-order chi connectivity index (χ0) is 20.0. The van der Waals surface area contributed by atoms with Gasteiger partial charge in [-0.2, -0.15) is 0 Å². The highest BCUT2D eigenvalue weighted by Crippen LogP contribution is 2.25. The van der Waals surface area contributed by atoms with E-state index in [1.165, 1.54) is 24.3 Å². The average Bonchev–Trinajstić information content (AvgIpc) is 2.58. The van der Waals surface area contributed by atoms with Gasteiger partial charge in [0, 0.05) is 5.69 Å². The summed E-state index contributed by atoms with van der Waals surface area (Å²) in [5.41, 5.74) is 1.34. The number of benzene rings is 2. The quantitative estimate of drug-likeness (QED) is 0.653. The molecule has 0 aliphatic carbocycles. The lowest BCUT2D eigenvalue weighted by molar-refractivity contribution is -0.862. The van der Waals surface area contributed by atoms with E-state index in [-0.39, 0.29) is 36.8 Å². The molecule has 1 unspecified atom stereocenters. The standard InChI is InChI=1S/C19H20Cl2FN3O2/c1-12(13-3-8-16(20)17(21)9-13)23-18(26)10-25(2)11-19(27)24-15-6-4-14(22)5-7-15/h3-9,12H,10-11H2,1-2H3,(H,23,26)(H,24,27)/p+1/t12-/m0/s1. The van der Waals surface area contributed by atoms with Crippen LogP contribution in [0.4, 0.5) is 10.1 Å². The highest BCUT2D eigenvalue weighted by Gasteiger charge is 2.17. The molecule has 2 amide bonds. The Morgan fingerprint density at radius 2 is 1.67 bits per heavy atom. The molecule has 3 N–H and O–H groups in total. The molecule has 27 heavy (non-hydrogen) atoms. The number of anilines is 1. The predicted molar refractivity (Wildman–Crippen MR) is 105 cm³/mol. The Bertz CT molecular complexity index is 815. The number of rotatable bonds is 7. The second-order valence-corrected chi connectivity index (χ2v) is 7.14. The Kier molecular flexibility index (Phi) is 7.59. The van der Waals surface area contributed by atoms with Gasteiger partial charge in [0.05, 0.1) is 23.1 Å². The lowest BCUT2D eigenvalue weighted by atomic mass is 10.1. The zero-order valence-corrected chi connectivity index (χ0v) is 16.5. The second-order valence-electron chi connectivity index (χ2n) is 6.33. The number of nitrogens with one attached hydrogen (secondary N) is 3. The molecule has 0 fully saturated rings. The summed E-state index contributed by atoms with van der Waals surface area (Å²) in [4.78, 5) is 24.9. The molecule has 2 aromatic rings. The van der Waals surface area contributed by atoms with E-state index in [0.29, 0.717) is 20.6 Å². The maximum Gasteiger partial charge on any atom is 0.279 e. The number of quaternary nitrogens is 1. The summed E-state index contributed by atoms with van der Waals surface area (Å²) >= 11 is 11.9. The van der Waals surface area contributed by atoms with Crippen molar-refractivity contribution in [2.75, 3.05) is 25.5 Å². The van der Waals surface area contributed by atoms with Crippen molar-refractivity contribution in [3.8, 4) is 0 Å². The van der Waals surface area contributed by atoms with Crippen LogP contribution in [-0.4, -0.2) is 32.0 Å². The first kappa shape index (κ1) is 21.2. The van der Waals surface area contributed by atoms with Gasteiger partial charge in [-0.25, -0.2) is 4.39 Å². The highest BCUT2D eigenvalue weighted by molar-refractivity contribution is 6.42. The number of carbonyl (C=O) groups excluding carboxylic acids is 2. The van der Waals surface area contributed by atoms with Crippen molar-refractivity contribution in [2.24, 2.45) is 0 Å². The van der Waals surface area contributed by atoms with E-state index in [1.807, 2.05) is 6.92 Å².